The molecule has 2 heterocycles. The molecule has 0 spiro atoms. The number of ether oxygens (including phenoxy) is 1. The highest BCUT2D eigenvalue weighted by Crippen LogP contribution is 2.40. The van der Waals surface area contributed by atoms with Gasteiger partial charge in [-0.1, -0.05) is 75.8 Å². The van der Waals surface area contributed by atoms with Crippen LogP contribution < -0.4 is 15.7 Å². The zero-order chi connectivity index (χ0) is 35.3. The monoisotopic (exact) mass is 644 g/mol. The molecular formula is C40H50B2N2O4. The van der Waals surface area contributed by atoms with Crippen molar-refractivity contribution in [3.05, 3.63) is 123 Å². The Balaban J connectivity index is 1.83. The summed E-state index contributed by atoms with van der Waals surface area (Å²) >= 11 is 0. The van der Waals surface area contributed by atoms with Gasteiger partial charge in [0.25, 0.3) is 0 Å². The molecule has 0 aliphatic carbocycles. The molecule has 0 N–H and O–H groups in total. The van der Waals surface area contributed by atoms with Gasteiger partial charge < -0.3 is 23.7 Å². The molecule has 3 aromatic rings. The van der Waals surface area contributed by atoms with E-state index in [1.807, 2.05) is 18.4 Å². The molecule has 0 radical (unpaired) electrons. The Kier molecular flexibility index (Phi) is 9.66. The zero-order valence-electron chi connectivity index (χ0n) is 31.0. The molecular weight excluding hydrogens is 594 g/mol. The summed E-state index contributed by atoms with van der Waals surface area (Å²) in [6.07, 6.45) is 7.89. The molecule has 6 nitrogen and oxygen atoms in total. The highest BCUT2D eigenvalue weighted by atomic mass is 16.7. The molecule has 3 aromatic carbocycles. The molecule has 0 bridgehead atoms. The first-order valence-electron chi connectivity index (χ1n) is 16.8. The van der Waals surface area contributed by atoms with Gasteiger partial charge in [0, 0.05) is 23.8 Å². The predicted molar refractivity (Wildman–Crippen MR) is 200 cm³/mol. The van der Waals surface area contributed by atoms with Crippen LogP contribution in [0.3, 0.4) is 0 Å². The van der Waals surface area contributed by atoms with E-state index in [0.717, 1.165) is 22.5 Å². The lowest BCUT2D eigenvalue weighted by molar-refractivity contribution is -0.135. The average Bonchev–Trinajstić information content (AvgIpc) is 3.20. The molecule has 2 aliphatic rings. The minimum Gasteiger partial charge on any atom is -0.465 e. The van der Waals surface area contributed by atoms with Gasteiger partial charge >= 0.3 is 20.1 Å². The van der Waals surface area contributed by atoms with Gasteiger partial charge in [-0.25, -0.2) is 4.79 Å². The van der Waals surface area contributed by atoms with Gasteiger partial charge in [0.2, 0.25) is 0 Å². The van der Waals surface area contributed by atoms with Crippen molar-refractivity contribution in [3.8, 4) is 0 Å². The Hall–Kier alpha value is -4.00. The second kappa shape index (κ2) is 13.1. The molecule has 1 fully saturated rings. The van der Waals surface area contributed by atoms with Crippen LogP contribution in [0.15, 0.2) is 78.3 Å². The topological polar surface area (TPSA) is 51.2 Å². The van der Waals surface area contributed by atoms with Gasteiger partial charge in [0.05, 0.1) is 23.9 Å². The van der Waals surface area contributed by atoms with E-state index in [9.17, 15) is 4.79 Å². The molecule has 5 rings (SSSR count). The maximum atomic E-state index is 13.1. The van der Waals surface area contributed by atoms with Crippen LogP contribution in [0, 0.1) is 55.4 Å². The second-order valence-corrected chi connectivity index (χ2v) is 14.6. The van der Waals surface area contributed by atoms with Gasteiger partial charge in [-0.3, -0.25) is 0 Å². The van der Waals surface area contributed by atoms with Gasteiger partial charge in [-0.05, 0) is 117 Å². The summed E-state index contributed by atoms with van der Waals surface area (Å²) in [5.41, 5.74) is 13.1. The fraction of sp³-hybridized carbons (Fsp3) is 0.375. The van der Waals surface area contributed by atoms with Crippen LogP contribution in [-0.2, 0) is 18.8 Å². The van der Waals surface area contributed by atoms with Crippen LogP contribution in [0.4, 0.5) is 5.69 Å². The molecule has 0 aromatic heterocycles. The van der Waals surface area contributed by atoms with Crippen molar-refractivity contribution in [2.24, 2.45) is 0 Å². The van der Waals surface area contributed by atoms with Crippen LogP contribution in [0.1, 0.15) is 72.2 Å². The van der Waals surface area contributed by atoms with Crippen molar-refractivity contribution in [3.63, 3.8) is 0 Å². The highest BCUT2D eigenvalue weighted by molar-refractivity contribution is 6.84. The lowest BCUT2D eigenvalue weighted by Crippen LogP contribution is -2.58. The summed E-state index contributed by atoms with van der Waals surface area (Å²) in [5.74, 6) is -0.388. The van der Waals surface area contributed by atoms with E-state index >= 15 is 0 Å². The van der Waals surface area contributed by atoms with Crippen molar-refractivity contribution in [1.82, 2.24) is 4.81 Å². The van der Waals surface area contributed by atoms with E-state index in [4.69, 9.17) is 14.0 Å². The third kappa shape index (κ3) is 6.53. The molecule has 0 unspecified atom stereocenters. The standard InChI is InChI=1S/C40H50B2N2O4/c1-25-19-29(5)35(30(6)20-25)41(36-31(7)21-26(2)22-32(36)8)43-23-33(38(45)46-13)17-18-34(43)24-44(37-27(3)15-14-16-28(37)4)42-47-39(9,10)40(11,12)48-42/h14-24H,1-13H3/b34-24+. The minimum atomic E-state index is -0.687. The number of allylic oxidation sites excluding steroid dienone is 1. The van der Waals surface area contributed by atoms with Crippen molar-refractivity contribution in [2.75, 3.05) is 11.9 Å². The van der Waals surface area contributed by atoms with Gasteiger partial charge in [-0.2, -0.15) is 0 Å². The van der Waals surface area contributed by atoms with E-state index in [1.165, 1.54) is 51.4 Å². The Labute approximate surface area is 288 Å². The molecule has 8 heteroatoms. The van der Waals surface area contributed by atoms with Gasteiger partial charge in [0.1, 0.15) is 0 Å². The minimum absolute atomic E-state index is 0.250. The van der Waals surface area contributed by atoms with E-state index < -0.39 is 18.5 Å². The van der Waals surface area contributed by atoms with Crippen molar-refractivity contribution < 1.29 is 18.8 Å². The summed E-state index contributed by atoms with van der Waals surface area (Å²) in [7, 11) is 0.737. The number of esters is 1. The Morgan fingerprint density at radius 2 is 1.23 bits per heavy atom. The normalized spacial score (nSPS) is 17.5. The Morgan fingerprint density at radius 3 is 1.67 bits per heavy atom. The molecule has 0 amide bonds. The quantitative estimate of drug-likeness (QED) is 0.202. The van der Waals surface area contributed by atoms with Crippen LogP contribution in [-0.4, -0.2) is 43.2 Å². The first kappa shape index (κ1) is 35.3. The number of carbonyl (C=O) groups excluding carboxylic acids is 1. The maximum absolute atomic E-state index is 13.1. The van der Waals surface area contributed by atoms with E-state index in [0.29, 0.717) is 5.57 Å². The van der Waals surface area contributed by atoms with Gasteiger partial charge in [-0.15, -0.1) is 0 Å². The number of hydrogen-bond acceptors (Lipinski definition) is 6. The summed E-state index contributed by atoms with van der Waals surface area (Å²) < 4.78 is 18.7. The fourth-order valence-corrected chi connectivity index (χ4v) is 7.28. The Morgan fingerprint density at radius 1 is 0.771 bits per heavy atom. The molecule has 2 aliphatic heterocycles. The number of aryl methyl sites for hydroxylation is 8. The molecule has 1 saturated heterocycles. The largest absolute Gasteiger partial charge is 0.598 e. The third-order valence-electron chi connectivity index (χ3n) is 10.2. The maximum Gasteiger partial charge on any atom is 0.598 e. The number of hydrogen-bond donors (Lipinski definition) is 0. The smallest absolute Gasteiger partial charge is 0.465 e. The number of benzene rings is 3. The van der Waals surface area contributed by atoms with E-state index in [-0.39, 0.29) is 12.8 Å². The number of nitrogens with zero attached hydrogens (tertiary/aromatic N) is 2. The first-order valence-corrected chi connectivity index (χ1v) is 16.8. The predicted octanol–water partition coefficient (Wildman–Crippen LogP) is 7.13. The fourth-order valence-electron chi connectivity index (χ4n) is 7.28. The number of rotatable bonds is 7. The second-order valence-electron chi connectivity index (χ2n) is 14.6. The molecule has 48 heavy (non-hydrogen) atoms. The van der Waals surface area contributed by atoms with Crippen LogP contribution in [0.2, 0.25) is 0 Å². The SMILES string of the molecule is COC(=O)C1=CN(B(c2c(C)cc(C)cc2C)c2c(C)cc(C)cc2C)/C(=C/N(B2OC(C)(C)C(C)(C)O2)c2c(C)cccc2C)C=C1. The summed E-state index contributed by atoms with van der Waals surface area (Å²) in [6.45, 7) is 25.3. The lowest BCUT2D eigenvalue weighted by Gasteiger charge is -2.37. The van der Waals surface area contributed by atoms with Crippen molar-refractivity contribution in [2.45, 2.75) is 94.3 Å². The number of carbonyl (C=O) groups is 1. The van der Waals surface area contributed by atoms with Crippen molar-refractivity contribution in [1.29, 1.82) is 0 Å². The highest BCUT2D eigenvalue weighted by Gasteiger charge is 2.54. The summed E-state index contributed by atoms with van der Waals surface area (Å²) in [6, 6.07) is 15.3. The van der Waals surface area contributed by atoms with Crippen LogP contribution >= 0.6 is 0 Å². The number of methoxy groups -OCH3 is 1. The van der Waals surface area contributed by atoms with E-state index in [1.54, 1.807) is 0 Å². The van der Waals surface area contributed by atoms with E-state index in [2.05, 4.69) is 141 Å². The number of anilines is 1. The van der Waals surface area contributed by atoms with Gasteiger partial charge in [0.15, 0.2) is 0 Å². The Bertz CT molecular complexity index is 1720. The summed E-state index contributed by atoms with van der Waals surface area (Å²) in [5, 5.41) is 0. The molecule has 0 saturated carbocycles. The van der Waals surface area contributed by atoms with Crippen molar-refractivity contribution >= 4 is 36.7 Å². The average molecular weight is 644 g/mol. The zero-order valence-corrected chi connectivity index (χ0v) is 31.0. The number of para-hydroxylation sites is 1. The van der Waals surface area contributed by atoms with Crippen LogP contribution in [0.25, 0.3) is 0 Å². The summed E-state index contributed by atoms with van der Waals surface area (Å²) in [4.78, 5) is 17.5. The first-order chi connectivity index (χ1) is 22.5. The lowest BCUT2D eigenvalue weighted by atomic mass is 9.45. The molecule has 250 valence electrons. The van der Waals surface area contributed by atoms with Crippen LogP contribution in [0.5, 0.6) is 0 Å². The molecule has 0 atom stereocenters. The third-order valence-corrected chi connectivity index (χ3v) is 10.2.